The van der Waals surface area contributed by atoms with Crippen molar-refractivity contribution in [1.82, 2.24) is 0 Å². The fourth-order valence-electron chi connectivity index (χ4n) is 0.909. The molecule has 96 valence electrons. The number of epoxide rings is 1. The lowest BCUT2D eigenvalue weighted by molar-refractivity contribution is -0.172. The third kappa shape index (κ3) is 4.51. The summed E-state index contributed by atoms with van der Waals surface area (Å²) in [7, 11) is 0. The largest absolute Gasteiger partial charge is 0.461 e. The van der Waals surface area contributed by atoms with E-state index < -0.39 is 24.1 Å². The second-order valence-corrected chi connectivity index (χ2v) is 3.39. The number of aliphatic hydroxyl groups is 2. The molecule has 1 saturated heterocycles. The molecule has 3 atom stereocenters. The van der Waals surface area contributed by atoms with Crippen LogP contribution in [0.3, 0.4) is 0 Å². The predicted octanol–water partition coefficient (Wildman–Crippen LogP) is -1.62. The number of esters is 2. The van der Waals surface area contributed by atoms with E-state index in [0.717, 1.165) is 0 Å². The first kappa shape index (κ1) is 13.6. The number of ether oxygens (including phenoxy) is 3. The Balaban J connectivity index is 2.31. The average Bonchev–Trinajstić information content (AvgIpc) is 3.14. The molecule has 1 heterocycles. The third-order valence-corrected chi connectivity index (χ3v) is 1.94. The van der Waals surface area contributed by atoms with Crippen molar-refractivity contribution >= 4 is 11.9 Å². The van der Waals surface area contributed by atoms with Gasteiger partial charge in [0.1, 0.15) is 19.3 Å². The highest BCUT2D eigenvalue weighted by Gasteiger charge is 2.34. The third-order valence-electron chi connectivity index (χ3n) is 1.94. The van der Waals surface area contributed by atoms with Crippen molar-refractivity contribution in [3.05, 3.63) is 12.7 Å². The van der Waals surface area contributed by atoms with Gasteiger partial charge in [0.2, 0.25) is 0 Å². The van der Waals surface area contributed by atoms with E-state index in [9.17, 15) is 19.8 Å². The molecule has 1 aliphatic heterocycles. The molecule has 7 heteroatoms. The number of hydrogen-bond acceptors (Lipinski definition) is 7. The minimum Gasteiger partial charge on any atom is -0.461 e. The molecule has 1 fully saturated rings. The Morgan fingerprint density at radius 1 is 1.35 bits per heavy atom. The van der Waals surface area contributed by atoms with E-state index in [1.807, 2.05) is 0 Å². The maximum atomic E-state index is 11.2. The van der Waals surface area contributed by atoms with Gasteiger partial charge < -0.3 is 24.4 Å². The van der Waals surface area contributed by atoms with Crippen LogP contribution < -0.4 is 0 Å². The average molecular weight is 246 g/mol. The van der Waals surface area contributed by atoms with Crippen molar-refractivity contribution in [2.75, 3.05) is 19.8 Å². The summed E-state index contributed by atoms with van der Waals surface area (Å²) in [5, 5.41) is 18.6. The van der Waals surface area contributed by atoms with Gasteiger partial charge in [-0.05, 0) is 0 Å². The van der Waals surface area contributed by atoms with Gasteiger partial charge in [-0.2, -0.15) is 0 Å². The van der Waals surface area contributed by atoms with E-state index >= 15 is 0 Å². The quantitative estimate of drug-likeness (QED) is 0.316. The lowest BCUT2D eigenvalue weighted by Crippen LogP contribution is -2.42. The minimum atomic E-state index is -1.97. The summed E-state index contributed by atoms with van der Waals surface area (Å²) in [6, 6.07) is 0. The number of hydrogen-bond donors (Lipinski definition) is 2. The molecule has 1 aliphatic rings. The Labute approximate surface area is 97.6 Å². The van der Waals surface area contributed by atoms with Gasteiger partial charge in [-0.1, -0.05) is 12.7 Å². The van der Waals surface area contributed by atoms with Crippen molar-refractivity contribution in [2.24, 2.45) is 0 Å². The summed E-state index contributed by atoms with van der Waals surface area (Å²) in [6.07, 6.45) is -2.80. The van der Waals surface area contributed by atoms with E-state index in [0.29, 0.717) is 6.61 Å². The highest BCUT2D eigenvalue weighted by molar-refractivity contribution is 5.85. The van der Waals surface area contributed by atoms with E-state index in [1.54, 1.807) is 0 Å². The lowest BCUT2D eigenvalue weighted by Gasteiger charge is -2.14. The van der Waals surface area contributed by atoms with Crippen LogP contribution in [0.25, 0.3) is 0 Å². The van der Waals surface area contributed by atoms with Gasteiger partial charge >= 0.3 is 11.9 Å². The molecule has 0 spiro atoms. The second-order valence-electron chi connectivity index (χ2n) is 3.39. The highest BCUT2D eigenvalue weighted by Crippen LogP contribution is 2.09. The SMILES string of the molecule is C=CCOC(=O)C(O)C(O)C(=O)OCC1CO1. The molecule has 0 aromatic rings. The van der Waals surface area contributed by atoms with Gasteiger partial charge in [0, 0.05) is 0 Å². The molecular weight excluding hydrogens is 232 g/mol. The molecule has 17 heavy (non-hydrogen) atoms. The molecule has 7 nitrogen and oxygen atoms in total. The topological polar surface area (TPSA) is 106 Å². The Morgan fingerprint density at radius 2 is 1.88 bits per heavy atom. The van der Waals surface area contributed by atoms with Crippen molar-refractivity contribution in [2.45, 2.75) is 18.3 Å². The molecule has 0 radical (unpaired) electrons. The molecule has 2 N–H and O–H groups in total. The monoisotopic (exact) mass is 246 g/mol. The van der Waals surface area contributed by atoms with E-state index in [1.165, 1.54) is 6.08 Å². The van der Waals surface area contributed by atoms with Crippen LogP contribution in [0.2, 0.25) is 0 Å². The standard InChI is InChI=1S/C10H14O7/c1-2-3-15-9(13)7(11)8(12)10(14)17-5-6-4-16-6/h2,6-8,11-12H,1,3-5H2. The molecule has 0 aromatic heterocycles. The highest BCUT2D eigenvalue weighted by atomic mass is 16.6. The van der Waals surface area contributed by atoms with Crippen LogP contribution in [0, 0.1) is 0 Å². The first-order chi connectivity index (χ1) is 8.06. The normalized spacial score (nSPS) is 21.2. The maximum absolute atomic E-state index is 11.2. The van der Waals surface area contributed by atoms with Crippen LogP contribution >= 0.6 is 0 Å². The Hall–Kier alpha value is -1.44. The molecule has 0 aromatic carbocycles. The summed E-state index contributed by atoms with van der Waals surface area (Å²) >= 11 is 0. The van der Waals surface area contributed by atoms with Gasteiger partial charge in [0.05, 0.1) is 6.61 Å². The van der Waals surface area contributed by atoms with Gasteiger partial charge in [0.15, 0.2) is 12.2 Å². The van der Waals surface area contributed by atoms with Gasteiger partial charge in [-0.3, -0.25) is 0 Å². The number of aliphatic hydroxyl groups excluding tert-OH is 2. The van der Waals surface area contributed by atoms with Crippen LogP contribution in [0.15, 0.2) is 12.7 Å². The van der Waals surface area contributed by atoms with E-state index in [4.69, 9.17) is 4.74 Å². The molecule has 0 amide bonds. The van der Waals surface area contributed by atoms with Crippen LogP contribution in [-0.4, -0.2) is 60.3 Å². The van der Waals surface area contributed by atoms with E-state index in [2.05, 4.69) is 16.1 Å². The predicted molar refractivity (Wildman–Crippen MR) is 53.9 cm³/mol. The molecule has 0 bridgehead atoms. The van der Waals surface area contributed by atoms with E-state index in [-0.39, 0.29) is 19.3 Å². The summed E-state index contributed by atoms with van der Waals surface area (Å²) in [5.41, 5.74) is 0. The number of carbonyl (C=O) groups excluding carboxylic acids is 2. The zero-order valence-electron chi connectivity index (χ0n) is 9.07. The van der Waals surface area contributed by atoms with Crippen LogP contribution in [0.1, 0.15) is 0 Å². The molecular formula is C10H14O7. The Kier molecular flexibility index (Phi) is 5.08. The maximum Gasteiger partial charge on any atom is 0.338 e. The van der Waals surface area contributed by atoms with Crippen LogP contribution in [0.5, 0.6) is 0 Å². The smallest absolute Gasteiger partial charge is 0.338 e. The summed E-state index contributed by atoms with van der Waals surface area (Å²) in [5.74, 6) is -2.21. The van der Waals surface area contributed by atoms with Crippen LogP contribution in [-0.2, 0) is 23.8 Å². The minimum absolute atomic E-state index is 0.00960. The molecule has 3 unspecified atom stereocenters. The van der Waals surface area contributed by atoms with Crippen molar-refractivity contribution in [3.63, 3.8) is 0 Å². The summed E-state index contributed by atoms with van der Waals surface area (Å²) in [6.45, 7) is 3.67. The first-order valence-corrected chi connectivity index (χ1v) is 4.98. The zero-order valence-corrected chi connectivity index (χ0v) is 9.07. The fourth-order valence-corrected chi connectivity index (χ4v) is 0.909. The van der Waals surface area contributed by atoms with Crippen molar-refractivity contribution in [1.29, 1.82) is 0 Å². The lowest BCUT2D eigenvalue weighted by atomic mass is 10.2. The molecule has 1 rings (SSSR count). The molecule has 0 saturated carbocycles. The fraction of sp³-hybridized carbons (Fsp3) is 0.600. The van der Waals surface area contributed by atoms with Crippen molar-refractivity contribution < 1.29 is 34.0 Å². The first-order valence-electron chi connectivity index (χ1n) is 4.98. The van der Waals surface area contributed by atoms with Gasteiger partial charge in [0.25, 0.3) is 0 Å². The number of carbonyl (C=O) groups is 2. The zero-order chi connectivity index (χ0) is 12.8. The van der Waals surface area contributed by atoms with Gasteiger partial charge in [-0.25, -0.2) is 9.59 Å². The van der Waals surface area contributed by atoms with Crippen LogP contribution in [0.4, 0.5) is 0 Å². The summed E-state index contributed by atoms with van der Waals surface area (Å²) in [4.78, 5) is 22.3. The Morgan fingerprint density at radius 3 is 2.35 bits per heavy atom. The Bertz CT molecular complexity index is 297. The number of rotatable bonds is 7. The van der Waals surface area contributed by atoms with Gasteiger partial charge in [-0.15, -0.1) is 0 Å². The summed E-state index contributed by atoms with van der Waals surface area (Å²) < 4.78 is 13.8. The second kappa shape index (κ2) is 6.33. The molecule has 0 aliphatic carbocycles. The van der Waals surface area contributed by atoms with Crippen molar-refractivity contribution in [3.8, 4) is 0 Å².